The van der Waals surface area contributed by atoms with Crippen molar-refractivity contribution in [3.05, 3.63) is 34.9 Å². The molecule has 1 aliphatic heterocycles. The van der Waals surface area contributed by atoms with E-state index in [0.29, 0.717) is 13.1 Å². The van der Waals surface area contributed by atoms with Crippen molar-refractivity contribution in [1.82, 2.24) is 10.6 Å². The van der Waals surface area contributed by atoms with Crippen molar-refractivity contribution in [3.8, 4) is 0 Å². The normalized spacial score (nSPS) is 18.6. The van der Waals surface area contributed by atoms with Gasteiger partial charge in [0.05, 0.1) is 12.5 Å². The first kappa shape index (κ1) is 12.1. The molecule has 0 saturated carbocycles. The number of hydrogen-bond acceptors (Lipinski definition) is 3. The average molecular weight is 234 g/mol. The lowest BCUT2D eigenvalue weighted by molar-refractivity contribution is -0.122. The van der Waals surface area contributed by atoms with Gasteiger partial charge in [-0.1, -0.05) is 23.8 Å². The molecule has 17 heavy (non-hydrogen) atoms. The number of aliphatic hydroxyl groups is 1. The second-order valence-electron chi connectivity index (χ2n) is 4.40. The van der Waals surface area contributed by atoms with E-state index in [2.05, 4.69) is 23.6 Å². The van der Waals surface area contributed by atoms with Gasteiger partial charge in [0.25, 0.3) is 0 Å². The largest absolute Gasteiger partial charge is 0.395 e. The van der Waals surface area contributed by atoms with Gasteiger partial charge in [-0.3, -0.25) is 4.79 Å². The van der Waals surface area contributed by atoms with E-state index in [0.717, 1.165) is 12.1 Å². The minimum absolute atomic E-state index is 0.0173. The van der Waals surface area contributed by atoms with Gasteiger partial charge in [-0.05, 0) is 18.1 Å². The standard InChI is InChI=1S/C13H18N2O2/c1-9-2-3-11-10(6-9)7-14-8-12(11)13(17)15-4-5-16/h2-3,6,12,14,16H,4-5,7-8H2,1H3,(H,15,17). The minimum atomic E-state index is -0.147. The predicted molar refractivity (Wildman–Crippen MR) is 65.7 cm³/mol. The van der Waals surface area contributed by atoms with Crippen LogP contribution in [0.5, 0.6) is 0 Å². The Bertz CT molecular complexity index is 418. The molecule has 1 aromatic rings. The quantitative estimate of drug-likeness (QED) is 0.704. The van der Waals surface area contributed by atoms with E-state index in [-0.39, 0.29) is 18.4 Å². The summed E-state index contributed by atoms with van der Waals surface area (Å²) in [6, 6.07) is 6.19. The molecular weight excluding hydrogens is 216 g/mol. The lowest BCUT2D eigenvalue weighted by Crippen LogP contribution is -2.39. The van der Waals surface area contributed by atoms with Gasteiger partial charge in [-0.2, -0.15) is 0 Å². The average Bonchev–Trinajstić information content (AvgIpc) is 2.34. The van der Waals surface area contributed by atoms with E-state index in [1.807, 2.05) is 12.1 Å². The number of fused-ring (bicyclic) bond motifs is 1. The lowest BCUT2D eigenvalue weighted by Gasteiger charge is -2.26. The van der Waals surface area contributed by atoms with E-state index in [9.17, 15) is 4.79 Å². The van der Waals surface area contributed by atoms with Crippen molar-refractivity contribution >= 4 is 5.91 Å². The van der Waals surface area contributed by atoms with Crippen LogP contribution in [0.2, 0.25) is 0 Å². The zero-order valence-electron chi connectivity index (χ0n) is 9.99. The number of carbonyl (C=O) groups excluding carboxylic acids is 1. The van der Waals surface area contributed by atoms with Gasteiger partial charge < -0.3 is 15.7 Å². The number of amides is 1. The second kappa shape index (κ2) is 5.29. The third-order valence-electron chi connectivity index (χ3n) is 3.07. The molecular formula is C13H18N2O2. The smallest absolute Gasteiger partial charge is 0.228 e. The number of benzene rings is 1. The van der Waals surface area contributed by atoms with Crippen molar-refractivity contribution in [2.75, 3.05) is 19.7 Å². The highest BCUT2D eigenvalue weighted by atomic mass is 16.3. The zero-order valence-corrected chi connectivity index (χ0v) is 9.99. The molecule has 2 rings (SSSR count). The number of rotatable bonds is 3. The summed E-state index contributed by atoms with van der Waals surface area (Å²) in [7, 11) is 0. The fourth-order valence-electron chi connectivity index (χ4n) is 2.22. The van der Waals surface area contributed by atoms with Gasteiger partial charge in [-0.25, -0.2) is 0 Å². The Hall–Kier alpha value is -1.39. The van der Waals surface area contributed by atoms with Gasteiger partial charge in [0.2, 0.25) is 5.91 Å². The third kappa shape index (κ3) is 2.65. The minimum Gasteiger partial charge on any atom is -0.395 e. The molecule has 1 atom stereocenters. The first-order valence-corrected chi connectivity index (χ1v) is 5.91. The van der Waals surface area contributed by atoms with E-state index >= 15 is 0 Å². The van der Waals surface area contributed by atoms with Crippen molar-refractivity contribution in [3.63, 3.8) is 0 Å². The maximum atomic E-state index is 11.9. The Morgan fingerprint density at radius 1 is 1.59 bits per heavy atom. The highest BCUT2D eigenvalue weighted by Gasteiger charge is 2.25. The molecule has 0 radical (unpaired) electrons. The Kier molecular flexibility index (Phi) is 3.76. The fourth-order valence-corrected chi connectivity index (χ4v) is 2.22. The van der Waals surface area contributed by atoms with Crippen molar-refractivity contribution in [2.45, 2.75) is 19.4 Å². The van der Waals surface area contributed by atoms with E-state index in [1.54, 1.807) is 0 Å². The topological polar surface area (TPSA) is 61.4 Å². The monoisotopic (exact) mass is 234 g/mol. The summed E-state index contributed by atoms with van der Waals surface area (Å²) in [5.74, 6) is -0.165. The molecule has 1 aliphatic rings. The Balaban J connectivity index is 2.19. The summed E-state index contributed by atoms with van der Waals surface area (Å²) in [6.07, 6.45) is 0. The molecule has 1 amide bonds. The molecule has 0 saturated heterocycles. The number of aliphatic hydroxyl groups excluding tert-OH is 1. The molecule has 3 N–H and O–H groups in total. The van der Waals surface area contributed by atoms with Crippen LogP contribution >= 0.6 is 0 Å². The lowest BCUT2D eigenvalue weighted by atomic mass is 9.89. The molecule has 1 aromatic carbocycles. The Labute approximate surface area is 101 Å². The fraction of sp³-hybridized carbons (Fsp3) is 0.462. The molecule has 0 fully saturated rings. The maximum Gasteiger partial charge on any atom is 0.228 e. The van der Waals surface area contributed by atoms with Crippen LogP contribution < -0.4 is 10.6 Å². The summed E-state index contributed by atoms with van der Waals surface area (Å²) in [5, 5.41) is 14.7. The molecule has 0 spiro atoms. The number of aryl methyl sites for hydroxylation is 1. The first-order chi connectivity index (χ1) is 8.22. The Morgan fingerprint density at radius 2 is 2.41 bits per heavy atom. The van der Waals surface area contributed by atoms with Crippen LogP contribution in [0.4, 0.5) is 0 Å². The highest BCUT2D eigenvalue weighted by Crippen LogP contribution is 2.24. The van der Waals surface area contributed by atoms with Crippen molar-refractivity contribution < 1.29 is 9.90 Å². The van der Waals surface area contributed by atoms with Gasteiger partial charge >= 0.3 is 0 Å². The van der Waals surface area contributed by atoms with Crippen LogP contribution in [0, 0.1) is 6.92 Å². The molecule has 0 aliphatic carbocycles. The highest BCUT2D eigenvalue weighted by molar-refractivity contribution is 5.84. The molecule has 0 aromatic heterocycles. The SMILES string of the molecule is Cc1ccc2c(c1)CNCC2C(=O)NCCO. The molecule has 4 nitrogen and oxygen atoms in total. The van der Waals surface area contributed by atoms with E-state index < -0.39 is 0 Å². The number of nitrogens with one attached hydrogen (secondary N) is 2. The van der Waals surface area contributed by atoms with Crippen LogP contribution in [0.25, 0.3) is 0 Å². The molecule has 0 bridgehead atoms. The predicted octanol–water partition coefficient (Wildman–Crippen LogP) is 0.290. The van der Waals surface area contributed by atoms with Crippen LogP contribution in [0.3, 0.4) is 0 Å². The molecule has 4 heteroatoms. The van der Waals surface area contributed by atoms with Gasteiger partial charge in [-0.15, -0.1) is 0 Å². The second-order valence-corrected chi connectivity index (χ2v) is 4.40. The van der Waals surface area contributed by atoms with Crippen molar-refractivity contribution in [1.29, 1.82) is 0 Å². The van der Waals surface area contributed by atoms with Crippen LogP contribution in [-0.2, 0) is 11.3 Å². The first-order valence-electron chi connectivity index (χ1n) is 5.91. The zero-order chi connectivity index (χ0) is 12.3. The third-order valence-corrected chi connectivity index (χ3v) is 3.07. The summed E-state index contributed by atoms with van der Waals surface area (Å²) in [6.45, 7) is 3.83. The maximum absolute atomic E-state index is 11.9. The van der Waals surface area contributed by atoms with Gasteiger partial charge in [0.15, 0.2) is 0 Å². The van der Waals surface area contributed by atoms with Gasteiger partial charge in [0.1, 0.15) is 0 Å². The summed E-state index contributed by atoms with van der Waals surface area (Å²) in [5.41, 5.74) is 3.51. The summed E-state index contributed by atoms with van der Waals surface area (Å²) >= 11 is 0. The summed E-state index contributed by atoms with van der Waals surface area (Å²) < 4.78 is 0. The Morgan fingerprint density at radius 3 is 3.18 bits per heavy atom. The molecule has 92 valence electrons. The van der Waals surface area contributed by atoms with Gasteiger partial charge in [0, 0.05) is 19.6 Å². The molecule has 1 heterocycles. The van der Waals surface area contributed by atoms with E-state index in [4.69, 9.17) is 5.11 Å². The van der Waals surface area contributed by atoms with Crippen molar-refractivity contribution in [2.24, 2.45) is 0 Å². The molecule has 1 unspecified atom stereocenters. The number of hydrogen-bond donors (Lipinski definition) is 3. The van der Waals surface area contributed by atoms with Crippen LogP contribution in [-0.4, -0.2) is 30.7 Å². The van der Waals surface area contributed by atoms with E-state index in [1.165, 1.54) is 11.1 Å². The number of carbonyl (C=O) groups is 1. The van der Waals surface area contributed by atoms with Crippen LogP contribution in [0.15, 0.2) is 18.2 Å². The van der Waals surface area contributed by atoms with Crippen LogP contribution in [0.1, 0.15) is 22.6 Å². The summed E-state index contributed by atoms with van der Waals surface area (Å²) in [4.78, 5) is 11.9.